The molecule has 1 N–H and O–H groups in total. The van der Waals surface area contributed by atoms with Crippen molar-refractivity contribution in [3.05, 3.63) is 41.1 Å². The molecule has 0 atom stereocenters. The SMILES string of the molecule is COC(=O)c1cc(-c2cc(OC(F)(F)F)ccc2C(=O)O)n2c1CCCC2. The van der Waals surface area contributed by atoms with Crippen LogP contribution in [0.4, 0.5) is 13.2 Å². The number of alkyl halides is 3. The van der Waals surface area contributed by atoms with Gasteiger partial charge in [0.2, 0.25) is 0 Å². The molecule has 2 heterocycles. The number of halogens is 3. The summed E-state index contributed by atoms with van der Waals surface area (Å²) in [6, 6.07) is 4.49. The predicted octanol–water partition coefficient (Wildman–Crippen LogP) is 3.87. The molecule has 0 aliphatic carbocycles. The zero-order valence-corrected chi connectivity index (χ0v) is 14.3. The molecule has 1 aromatic heterocycles. The fourth-order valence-electron chi connectivity index (χ4n) is 3.30. The number of hydrogen-bond donors (Lipinski definition) is 1. The molecule has 27 heavy (non-hydrogen) atoms. The minimum Gasteiger partial charge on any atom is -0.478 e. The lowest BCUT2D eigenvalue weighted by atomic mass is 10.0. The summed E-state index contributed by atoms with van der Waals surface area (Å²) in [5.41, 5.74) is 1.16. The van der Waals surface area contributed by atoms with Gasteiger partial charge in [0, 0.05) is 17.8 Å². The van der Waals surface area contributed by atoms with Gasteiger partial charge in [0.1, 0.15) is 5.75 Å². The third kappa shape index (κ3) is 3.76. The van der Waals surface area contributed by atoms with Gasteiger partial charge in [-0.2, -0.15) is 0 Å². The van der Waals surface area contributed by atoms with Crippen molar-refractivity contribution in [3.8, 4) is 17.0 Å². The van der Waals surface area contributed by atoms with Crippen molar-refractivity contribution < 1.29 is 37.3 Å². The van der Waals surface area contributed by atoms with E-state index in [4.69, 9.17) is 4.74 Å². The monoisotopic (exact) mass is 383 g/mol. The summed E-state index contributed by atoms with van der Waals surface area (Å²) < 4.78 is 48.1. The molecule has 0 fully saturated rings. The van der Waals surface area contributed by atoms with E-state index in [-0.39, 0.29) is 16.7 Å². The molecule has 0 spiro atoms. The number of rotatable bonds is 4. The molecule has 1 aromatic carbocycles. The van der Waals surface area contributed by atoms with Crippen molar-refractivity contribution in [1.82, 2.24) is 4.57 Å². The average molecular weight is 383 g/mol. The summed E-state index contributed by atoms with van der Waals surface area (Å²) >= 11 is 0. The molecule has 144 valence electrons. The zero-order valence-electron chi connectivity index (χ0n) is 14.3. The molecule has 0 amide bonds. The molecule has 0 unspecified atom stereocenters. The van der Waals surface area contributed by atoms with Crippen molar-refractivity contribution in [3.63, 3.8) is 0 Å². The van der Waals surface area contributed by atoms with E-state index in [1.54, 1.807) is 4.57 Å². The number of aromatic nitrogens is 1. The Labute approximate surface area is 152 Å². The van der Waals surface area contributed by atoms with Gasteiger partial charge in [0.25, 0.3) is 0 Å². The van der Waals surface area contributed by atoms with E-state index in [0.29, 0.717) is 24.4 Å². The lowest BCUT2D eigenvalue weighted by molar-refractivity contribution is -0.274. The molecular formula is C18H16F3NO5. The first-order valence-corrected chi connectivity index (χ1v) is 8.15. The second kappa shape index (κ2) is 6.98. The van der Waals surface area contributed by atoms with Gasteiger partial charge in [-0.15, -0.1) is 13.2 Å². The molecule has 0 bridgehead atoms. The lowest BCUT2D eigenvalue weighted by Gasteiger charge is -2.20. The maximum atomic E-state index is 12.6. The maximum Gasteiger partial charge on any atom is 0.573 e. The van der Waals surface area contributed by atoms with Crippen LogP contribution in [0.5, 0.6) is 5.75 Å². The van der Waals surface area contributed by atoms with E-state index >= 15 is 0 Å². The minimum atomic E-state index is -4.90. The molecule has 2 aromatic rings. The highest BCUT2D eigenvalue weighted by molar-refractivity contribution is 5.98. The van der Waals surface area contributed by atoms with Crippen molar-refractivity contribution in [2.45, 2.75) is 32.2 Å². The van der Waals surface area contributed by atoms with Crippen LogP contribution in [0, 0.1) is 0 Å². The van der Waals surface area contributed by atoms with Gasteiger partial charge >= 0.3 is 18.3 Å². The number of ether oxygens (including phenoxy) is 2. The van der Waals surface area contributed by atoms with E-state index in [9.17, 15) is 27.9 Å². The van der Waals surface area contributed by atoms with Crippen molar-refractivity contribution in [2.24, 2.45) is 0 Å². The summed E-state index contributed by atoms with van der Waals surface area (Å²) in [4.78, 5) is 23.7. The van der Waals surface area contributed by atoms with Gasteiger partial charge in [0.05, 0.1) is 23.9 Å². The number of hydrogen-bond acceptors (Lipinski definition) is 4. The van der Waals surface area contributed by atoms with Crippen molar-refractivity contribution >= 4 is 11.9 Å². The van der Waals surface area contributed by atoms with Crippen molar-refractivity contribution in [1.29, 1.82) is 0 Å². The average Bonchev–Trinajstić information content (AvgIpc) is 2.99. The number of fused-ring (bicyclic) bond motifs is 1. The lowest BCUT2D eigenvalue weighted by Crippen LogP contribution is -2.17. The van der Waals surface area contributed by atoms with Gasteiger partial charge in [-0.3, -0.25) is 0 Å². The quantitative estimate of drug-likeness (QED) is 0.811. The van der Waals surface area contributed by atoms with Crippen LogP contribution < -0.4 is 4.74 Å². The summed E-state index contributed by atoms with van der Waals surface area (Å²) in [7, 11) is 1.23. The number of carbonyl (C=O) groups excluding carboxylic acids is 1. The first-order chi connectivity index (χ1) is 12.7. The van der Waals surface area contributed by atoms with Crippen LogP contribution in [0.1, 0.15) is 39.3 Å². The molecule has 3 rings (SSSR count). The second-order valence-corrected chi connectivity index (χ2v) is 6.05. The van der Waals surface area contributed by atoms with Crippen LogP contribution in [-0.2, 0) is 17.7 Å². The van der Waals surface area contributed by atoms with Gasteiger partial charge in [-0.1, -0.05) is 0 Å². The van der Waals surface area contributed by atoms with E-state index < -0.39 is 24.1 Å². The first-order valence-electron chi connectivity index (χ1n) is 8.15. The largest absolute Gasteiger partial charge is 0.573 e. The first kappa shape index (κ1) is 18.8. The van der Waals surface area contributed by atoms with Gasteiger partial charge in [0.15, 0.2) is 0 Å². The number of nitrogens with zero attached hydrogens (tertiary/aromatic N) is 1. The van der Waals surface area contributed by atoms with Crippen LogP contribution >= 0.6 is 0 Å². The highest BCUT2D eigenvalue weighted by Crippen LogP contribution is 2.36. The van der Waals surface area contributed by atoms with Gasteiger partial charge in [-0.05, 0) is 43.5 Å². The second-order valence-electron chi connectivity index (χ2n) is 6.05. The van der Waals surface area contributed by atoms with Gasteiger partial charge < -0.3 is 19.1 Å². The van der Waals surface area contributed by atoms with Crippen LogP contribution in [0.3, 0.4) is 0 Å². The number of aromatic carboxylic acids is 1. The summed E-state index contributed by atoms with van der Waals surface area (Å²) in [6.45, 7) is 0.519. The summed E-state index contributed by atoms with van der Waals surface area (Å²) in [5, 5.41) is 9.45. The van der Waals surface area contributed by atoms with Gasteiger partial charge in [-0.25, -0.2) is 9.59 Å². The molecule has 1 aliphatic rings. The van der Waals surface area contributed by atoms with Crippen LogP contribution in [0.2, 0.25) is 0 Å². The number of benzene rings is 1. The predicted molar refractivity (Wildman–Crippen MR) is 87.8 cm³/mol. The van der Waals surface area contributed by atoms with E-state index in [2.05, 4.69) is 4.74 Å². The Morgan fingerprint density at radius 3 is 2.52 bits per heavy atom. The van der Waals surface area contributed by atoms with E-state index in [1.165, 1.54) is 13.2 Å². The molecule has 1 aliphatic heterocycles. The van der Waals surface area contributed by atoms with E-state index in [1.807, 2.05) is 0 Å². The Hall–Kier alpha value is -2.97. The van der Waals surface area contributed by atoms with Crippen molar-refractivity contribution in [2.75, 3.05) is 7.11 Å². The highest BCUT2D eigenvalue weighted by atomic mass is 19.4. The highest BCUT2D eigenvalue weighted by Gasteiger charge is 2.32. The number of esters is 1. The molecule has 6 nitrogen and oxygen atoms in total. The Kier molecular flexibility index (Phi) is 4.86. The molecule has 0 saturated carbocycles. The molecule has 0 radical (unpaired) electrons. The third-order valence-corrected chi connectivity index (χ3v) is 4.39. The van der Waals surface area contributed by atoms with Crippen LogP contribution in [0.25, 0.3) is 11.3 Å². The Morgan fingerprint density at radius 1 is 1.15 bits per heavy atom. The fourth-order valence-corrected chi connectivity index (χ4v) is 3.30. The topological polar surface area (TPSA) is 77.8 Å². The number of carboxylic acids is 1. The summed E-state index contributed by atoms with van der Waals surface area (Å²) in [6.07, 6.45) is -2.67. The van der Waals surface area contributed by atoms with Crippen LogP contribution in [-0.4, -0.2) is 35.1 Å². The van der Waals surface area contributed by atoms with E-state index in [0.717, 1.165) is 31.0 Å². The molecule has 9 heteroatoms. The Balaban J connectivity index is 2.20. The molecule has 0 saturated heterocycles. The number of carboxylic acid groups (broad SMARTS) is 1. The number of carbonyl (C=O) groups is 2. The number of methoxy groups -OCH3 is 1. The maximum absolute atomic E-state index is 12.6. The fraction of sp³-hybridized carbons (Fsp3) is 0.333. The van der Waals surface area contributed by atoms with Crippen LogP contribution in [0.15, 0.2) is 24.3 Å². The summed E-state index contributed by atoms with van der Waals surface area (Å²) in [5.74, 6) is -2.41. The zero-order chi connectivity index (χ0) is 19.8. The molecular weight excluding hydrogens is 367 g/mol. The minimum absolute atomic E-state index is 0.0440. The third-order valence-electron chi connectivity index (χ3n) is 4.39. The smallest absolute Gasteiger partial charge is 0.478 e. The standard InChI is InChI=1S/C18H16F3NO5/c1-26-17(25)13-9-15(22-7-3-2-4-14(13)22)12-8-10(27-18(19,20)21)5-6-11(12)16(23)24/h5-6,8-9H,2-4,7H2,1H3,(H,23,24). The normalized spacial score (nSPS) is 13.8. The Bertz CT molecular complexity index is 901. The Morgan fingerprint density at radius 2 is 1.89 bits per heavy atom.